The van der Waals surface area contributed by atoms with Crippen molar-refractivity contribution >= 4 is 11.6 Å². The highest BCUT2D eigenvalue weighted by Crippen LogP contribution is 2.20. The monoisotopic (exact) mass is 269 g/mol. The molecule has 0 fully saturated rings. The maximum Gasteiger partial charge on any atom is 0.113 e. The molecular weight excluding hydrogens is 258 g/mol. The molecule has 0 N–H and O–H groups in total. The molecule has 3 aromatic rings. The summed E-state index contributed by atoms with van der Waals surface area (Å²) < 4.78 is 0. The lowest BCUT2D eigenvalue weighted by atomic mass is 10.2. The van der Waals surface area contributed by atoms with Gasteiger partial charge in [0.05, 0.1) is 11.9 Å². The summed E-state index contributed by atoms with van der Waals surface area (Å²) in [6, 6.07) is 15.6. The van der Waals surface area contributed by atoms with Crippen LogP contribution in [0.15, 0.2) is 54.7 Å². The highest BCUT2D eigenvalue weighted by atomic mass is 35.5. The molecule has 4 heteroatoms. The standard InChI is InChI=1S/C15H12ClN3/c1-11-4-2-3-5-15(11)19-17-10-14(18-19)12-6-8-13(16)9-7-12/h2-10H,1H3. The fraction of sp³-hybridized carbons (Fsp3) is 0.0667. The van der Waals surface area contributed by atoms with Crippen LogP contribution in [0, 0.1) is 6.92 Å². The smallest absolute Gasteiger partial charge is 0.113 e. The van der Waals surface area contributed by atoms with Crippen LogP contribution in [0.4, 0.5) is 0 Å². The predicted molar refractivity (Wildman–Crippen MR) is 76.5 cm³/mol. The number of hydrogen-bond donors (Lipinski definition) is 0. The van der Waals surface area contributed by atoms with Gasteiger partial charge in [-0.1, -0.05) is 41.9 Å². The minimum atomic E-state index is 0.718. The van der Waals surface area contributed by atoms with Gasteiger partial charge in [-0.15, -0.1) is 5.10 Å². The summed E-state index contributed by atoms with van der Waals surface area (Å²) in [5.74, 6) is 0. The van der Waals surface area contributed by atoms with E-state index in [9.17, 15) is 0 Å². The fourth-order valence-electron chi connectivity index (χ4n) is 1.92. The molecule has 0 saturated carbocycles. The van der Waals surface area contributed by atoms with Crippen LogP contribution in [-0.4, -0.2) is 15.0 Å². The molecule has 3 rings (SSSR count). The van der Waals surface area contributed by atoms with E-state index >= 15 is 0 Å². The van der Waals surface area contributed by atoms with E-state index in [1.54, 1.807) is 11.0 Å². The molecule has 3 nitrogen and oxygen atoms in total. The van der Waals surface area contributed by atoms with Crippen LogP contribution in [0.2, 0.25) is 5.02 Å². The van der Waals surface area contributed by atoms with Crippen molar-refractivity contribution in [2.45, 2.75) is 6.92 Å². The van der Waals surface area contributed by atoms with Crippen LogP contribution in [0.25, 0.3) is 16.9 Å². The van der Waals surface area contributed by atoms with Gasteiger partial charge >= 0.3 is 0 Å². The third-order valence-electron chi connectivity index (χ3n) is 2.96. The summed E-state index contributed by atoms with van der Waals surface area (Å²) in [7, 11) is 0. The molecule has 0 unspecified atom stereocenters. The van der Waals surface area contributed by atoms with Crippen molar-refractivity contribution in [2.75, 3.05) is 0 Å². The van der Waals surface area contributed by atoms with E-state index in [0.717, 1.165) is 27.5 Å². The van der Waals surface area contributed by atoms with Gasteiger partial charge in [0.1, 0.15) is 5.69 Å². The lowest BCUT2D eigenvalue weighted by Gasteiger charge is -2.02. The van der Waals surface area contributed by atoms with Gasteiger partial charge in [0, 0.05) is 10.6 Å². The van der Waals surface area contributed by atoms with Crippen molar-refractivity contribution in [1.82, 2.24) is 15.0 Å². The van der Waals surface area contributed by atoms with Crippen molar-refractivity contribution in [3.05, 3.63) is 65.3 Å². The second kappa shape index (κ2) is 4.86. The SMILES string of the molecule is Cc1ccccc1-n1ncc(-c2ccc(Cl)cc2)n1. The van der Waals surface area contributed by atoms with Gasteiger partial charge in [-0.25, -0.2) is 0 Å². The van der Waals surface area contributed by atoms with Crippen molar-refractivity contribution < 1.29 is 0 Å². The van der Waals surface area contributed by atoms with Crippen LogP contribution in [0.3, 0.4) is 0 Å². The summed E-state index contributed by atoms with van der Waals surface area (Å²) in [5.41, 5.74) is 3.97. The molecule has 0 bridgehead atoms. The Kier molecular flexibility index (Phi) is 3.05. The van der Waals surface area contributed by atoms with E-state index in [-0.39, 0.29) is 0 Å². The van der Waals surface area contributed by atoms with E-state index in [0.29, 0.717) is 0 Å². The minimum absolute atomic E-state index is 0.718. The van der Waals surface area contributed by atoms with Gasteiger partial charge in [0.15, 0.2) is 0 Å². The zero-order valence-electron chi connectivity index (χ0n) is 10.4. The summed E-state index contributed by atoms with van der Waals surface area (Å²) >= 11 is 5.88. The first kappa shape index (κ1) is 11.9. The molecule has 0 amide bonds. The molecule has 0 atom stereocenters. The summed E-state index contributed by atoms with van der Waals surface area (Å²) in [5, 5.41) is 9.54. The summed E-state index contributed by atoms with van der Waals surface area (Å²) in [6.45, 7) is 2.04. The van der Waals surface area contributed by atoms with Gasteiger partial charge in [0.25, 0.3) is 0 Å². The number of benzene rings is 2. The second-order valence-electron chi connectivity index (χ2n) is 4.31. The number of aromatic nitrogens is 3. The lowest BCUT2D eigenvalue weighted by molar-refractivity contribution is 0.749. The van der Waals surface area contributed by atoms with E-state index in [4.69, 9.17) is 11.6 Å². The quantitative estimate of drug-likeness (QED) is 0.706. The van der Waals surface area contributed by atoms with Gasteiger partial charge in [-0.3, -0.25) is 0 Å². The molecule has 2 aromatic carbocycles. The molecule has 1 aromatic heterocycles. The Balaban J connectivity index is 2.00. The first-order valence-corrected chi connectivity index (χ1v) is 6.36. The maximum atomic E-state index is 5.88. The molecule has 0 saturated heterocycles. The fourth-order valence-corrected chi connectivity index (χ4v) is 2.05. The Morgan fingerprint density at radius 2 is 1.74 bits per heavy atom. The number of hydrogen-bond acceptors (Lipinski definition) is 2. The lowest BCUT2D eigenvalue weighted by Crippen LogP contribution is -2.00. The van der Waals surface area contributed by atoms with Crippen LogP contribution in [-0.2, 0) is 0 Å². The van der Waals surface area contributed by atoms with Crippen LogP contribution < -0.4 is 0 Å². The zero-order valence-corrected chi connectivity index (χ0v) is 11.2. The average molecular weight is 270 g/mol. The zero-order chi connectivity index (χ0) is 13.2. The average Bonchev–Trinajstić information content (AvgIpc) is 2.89. The molecule has 19 heavy (non-hydrogen) atoms. The maximum absolute atomic E-state index is 5.88. The molecule has 0 aliphatic rings. The van der Waals surface area contributed by atoms with Crippen molar-refractivity contribution in [1.29, 1.82) is 0 Å². The topological polar surface area (TPSA) is 30.7 Å². The first-order chi connectivity index (χ1) is 9.24. The third kappa shape index (κ3) is 2.37. The predicted octanol–water partition coefficient (Wildman–Crippen LogP) is 3.90. The minimum Gasteiger partial charge on any atom is -0.156 e. The van der Waals surface area contributed by atoms with Crippen molar-refractivity contribution in [3.63, 3.8) is 0 Å². The van der Waals surface area contributed by atoms with Crippen LogP contribution >= 0.6 is 11.6 Å². The Hall–Kier alpha value is -2.13. The van der Waals surface area contributed by atoms with Crippen LogP contribution in [0.1, 0.15) is 5.56 Å². The number of halogens is 1. The molecule has 0 spiro atoms. The second-order valence-corrected chi connectivity index (χ2v) is 4.75. The van der Waals surface area contributed by atoms with Gasteiger partial charge < -0.3 is 0 Å². The van der Waals surface area contributed by atoms with E-state index in [1.165, 1.54) is 0 Å². The Bertz CT molecular complexity index is 701. The van der Waals surface area contributed by atoms with E-state index in [1.807, 2.05) is 55.5 Å². The number of aryl methyl sites for hydroxylation is 1. The number of nitrogens with zero attached hydrogens (tertiary/aromatic N) is 3. The highest BCUT2D eigenvalue weighted by molar-refractivity contribution is 6.30. The van der Waals surface area contributed by atoms with Crippen molar-refractivity contribution in [2.24, 2.45) is 0 Å². The number of rotatable bonds is 2. The Morgan fingerprint density at radius 1 is 1.00 bits per heavy atom. The van der Waals surface area contributed by atoms with Gasteiger partial charge in [-0.05, 0) is 30.7 Å². The molecular formula is C15H12ClN3. The first-order valence-electron chi connectivity index (χ1n) is 5.98. The van der Waals surface area contributed by atoms with E-state index in [2.05, 4.69) is 10.2 Å². The Labute approximate surface area is 116 Å². The van der Waals surface area contributed by atoms with Crippen molar-refractivity contribution in [3.8, 4) is 16.9 Å². The van der Waals surface area contributed by atoms with Crippen LogP contribution in [0.5, 0.6) is 0 Å². The molecule has 94 valence electrons. The highest BCUT2D eigenvalue weighted by Gasteiger charge is 2.06. The van der Waals surface area contributed by atoms with E-state index < -0.39 is 0 Å². The molecule has 0 aliphatic carbocycles. The largest absolute Gasteiger partial charge is 0.156 e. The third-order valence-corrected chi connectivity index (χ3v) is 3.21. The Morgan fingerprint density at radius 3 is 2.47 bits per heavy atom. The summed E-state index contributed by atoms with van der Waals surface area (Å²) in [6.07, 6.45) is 1.76. The number of para-hydroxylation sites is 1. The normalized spacial score (nSPS) is 10.6. The van der Waals surface area contributed by atoms with Gasteiger partial charge in [0.2, 0.25) is 0 Å². The van der Waals surface area contributed by atoms with Gasteiger partial charge in [-0.2, -0.15) is 9.90 Å². The molecule has 0 radical (unpaired) electrons. The summed E-state index contributed by atoms with van der Waals surface area (Å²) in [4.78, 5) is 1.65. The molecule has 1 heterocycles. The molecule has 0 aliphatic heterocycles.